The van der Waals surface area contributed by atoms with Crippen LogP contribution >= 0.6 is 0 Å². The van der Waals surface area contributed by atoms with Crippen molar-refractivity contribution in [2.45, 2.75) is 19.4 Å². The number of hydrogen-bond acceptors (Lipinski definition) is 4. The Kier molecular flexibility index (Phi) is 5.70. The smallest absolute Gasteiger partial charge is 0.263 e. The average molecular weight is 405 g/mol. The van der Waals surface area contributed by atoms with E-state index in [1.54, 1.807) is 41.4 Å². The Balaban J connectivity index is 1.41. The van der Waals surface area contributed by atoms with Crippen molar-refractivity contribution in [3.8, 4) is 11.6 Å². The maximum absolute atomic E-state index is 13.2. The quantitative estimate of drug-likeness (QED) is 0.671. The second kappa shape index (κ2) is 8.73. The summed E-state index contributed by atoms with van der Waals surface area (Å²) in [6.45, 7) is 0.607. The Morgan fingerprint density at radius 2 is 1.97 bits per heavy atom. The fourth-order valence-corrected chi connectivity index (χ4v) is 3.32. The normalized spacial score (nSPS) is 12.4. The van der Waals surface area contributed by atoms with Crippen LogP contribution in [0.25, 0.3) is 0 Å². The minimum Gasteiger partial charge on any atom is -0.436 e. The molecular weight excluding hydrogens is 385 g/mol. The van der Waals surface area contributed by atoms with Gasteiger partial charge in [-0.3, -0.25) is 9.59 Å². The summed E-state index contributed by atoms with van der Waals surface area (Å²) >= 11 is 0. The summed E-state index contributed by atoms with van der Waals surface area (Å²) in [6.07, 6.45) is 2.28. The minimum atomic E-state index is -0.336. The van der Waals surface area contributed by atoms with Crippen molar-refractivity contribution in [1.29, 1.82) is 0 Å². The number of benzene rings is 2. The number of pyridine rings is 1. The van der Waals surface area contributed by atoms with Gasteiger partial charge in [0.15, 0.2) is 5.75 Å². The minimum absolute atomic E-state index is 0.159. The second-order valence-electron chi connectivity index (χ2n) is 6.89. The van der Waals surface area contributed by atoms with Gasteiger partial charge in [0.25, 0.3) is 5.91 Å². The monoisotopic (exact) mass is 405 g/mol. The number of ether oxygens (including phenoxy) is 1. The molecule has 4 rings (SSSR count). The van der Waals surface area contributed by atoms with Crippen LogP contribution in [0, 0.1) is 5.82 Å². The Morgan fingerprint density at radius 1 is 1.10 bits per heavy atom. The number of carbonyl (C=O) groups is 2. The molecule has 1 N–H and O–H groups in total. The second-order valence-corrected chi connectivity index (χ2v) is 6.89. The molecule has 0 spiro atoms. The summed E-state index contributed by atoms with van der Waals surface area (Å²) in [5, 5.41) is 2.78. The van der Waals surface area contributed by atoms with Crippen molar-refractivity contribution in [3.05, 3.63) is 83.8 Å². The van der Waals surface area contributed by atoms with E-state index in [1.807, 2.05) is 18.2 Å². The molecule has 2 aromatic carbocycles. The van der Waals surface area contributed by atoms with Crippen LogP contribution < -0.4 is 15.0 Å². The molecule has 0 aliphatic carbocycles. The first-order valence-electron chi connectivity index (χ1n) is 9.67. The summed E-state index contributed by atoms with van der Waals surface area (Å²) < 4.78 is 19.1. The van der Waals surface area contributed by atoms with Gasteiger partial charge < -0.3 is 15.0 Å². The Labute approximate surface area is 173 Å². The number of para-hydroxylation sites is 2. The summed E-state index contributed by atoms with van der Waals surface area (Å²) in [7, 11) is 0. The molecule has 6 nitrogen and oxygen atoms in total. The molecule has 0 radical (unpaired) electrons. The SMILES string of the molecule is O=C(CCCN1C(=O)c2cccnc2Oc2ccccc21)NCc1cccc(F)c1. The molecule has 0 saturated carbocycles. The number of aromatic nitrogens is 1. The van der Waals surface area contributed by atoms with Gasteiger partial charge in [-0.2, -0.15) is 0 Å². The van der Waals surface area contributed by atoms with E-state index in [9.17, 15) is 14.0 Å². The number of nitrogens with one attached hydrogen (secondary N) is 1. The number of rotatable bonds is 6. The maximum Gasteiger partial charge on any atom is 0.263 e. The number of halogens is 1. The van der Waals surface area contributed by atoms with E-state index in [0.717, 1.165) is 0 Å². The van der Waals surface area contributed by atoms with Gasteiger partial charge in [0, 0.05) is 25.7 Å². The molecule has 0 fully saturated rings. The van der Waals surface area contributed by atoms with Gasteiger partial charge in [0.05, 0.1) is 5.69 Å². The zero-order valence-electron chi connectivity index (χ0n) is 16.2. The standard InChI is InChI=1S/C23H20FN3O3/c24-17-7-3-6-16(14-17)15-26-21(28)11-5-13-27-19-9-1-2-10-20(19)30-22-18(23(27)29)8-4-12-25-22/h1-4,6-10,12,14H,5,11,13,15H2,(H,26,28). The number of fused-ring (bicyclic) bond motifs is 2. The van der Waals surface area contributed by atoms with E-state index in [2.05, 4.69) is 10.3 Å². The molecule has 1 aliphatic heterocycles. The van der Waals surface area contributed by atoms with Crippen LogP contribution in [0.2, 0.25) is 0 Å². The predicted molar refractivity (Wildman–Crippen MR) is 110 cm³/mol. The van der Waals surface area contributed by atoms with Gasteiger partial charge in [-0.25, -0.2) is 9.37 Å². The van der Waals surface area contributed by atoms with Crippen molar-refractivity contribution in [2.75, 3.05) is 11.4 Å². The van der Waals surface area contributed by atoms with E-state index in [1.165, 1.54) is 12.1 Å². The highest BCUT2D eigenvalue weighted by molar-refractivity contribution is 6.09. The maximum atomic E-state index is 13.2. The van der Waals surface area contributed by atoms with Crippen LogP contribution in [-0.4, -0.2) is 23.3 Å². The largest absolute Gasteiger partial charge is 0.436 e. The van der Waals surface area contributed by atoms with Crippen LogP contribution in [0.4, 0.5) is 10.1 Å². The summed E-state index contributed by atoms with van der Waals surface area (Å²) in [5.74, 6) is 0.0950. The zero-order valence-corrected chi connectivity index (χ0v) is 16.2. The van der Waals surface area contributed by atoms with Crippen molar-refractivity contribution >= 4 is 17.5 Å². The molecule has 7 heteroatoms. The van der Waals surface area contributed by atoms with Gasteiger partial charge in [0.2, 0.25) is 11.8 Å². The third kappa shape index (κ3) is 4.30. The van der Waals surface area contributed by atoms with Crippen molar-refractivity contribution < 1.29 is 18.7 Å². The summed E-state index contributed by atoms with van der Waals surface area (Å²) in [6, 6.07) is 16.7. The molecule has 2 amide bonds. The van der Waals surface area contributed by atoms with E-state index in [-0.39, 0.29) is 36.5 Å². The molecule has 152 valence electrons. The lowest BCUT2D eigenvalue weighted by Crippen LogP contribution is -2.32. The Morgan fingerprint density at radius 3 is 2.83 bits per heavy atom. The zero-order chi connectivity index (χ0) is 20.9. The molecule has 1 aliphatic rings. The van der Waals surface area contributed by atoms with Gasteiger partial charge >= 0.3 is 0 Å². The lowest BCUT2D eigenvalue weighted by molar-refractivity contribution is -0.121. The highest BCUT2D eigenvalue weighted by atomic mass is 19.1. The number of hydrogen-bond donors (Lipinski definition) is 1. The first-order valence-corrected chi connectivity index (χ1v) is 9.67. The molecular formula is C23H20FN3O3. The Bertz CT molecular complexity index is 1090. The van der Waals surface area contributed by atoms with E-state index in [4.69, 9.17) is 4.74 Å². The fourth-order valence-electron chi connectivity index (χ4n) is 3.32. The third-order valence-electron chi connectivity index (χ3n) is 4.77. The average Bonchev–Trinajstić information content (AvgIpc) is 2.87. The summed E-state index contributed by atoms with van der Waals surface area (Å²) in [5.41, 5.74) is 1.71. The number of amides is 2. The van der Waals surface area contributed by atoms with Gasteiger partial charge in [-0.05, 0) is 48.4 Å². The molecule has 0 atom stereocenters. The fraction of sp³-hybridized carbons (Fsp3) is 0.174. The highest BCUT2D eigenvalue weighted by Gasteiger charge is 2.28. The molecule has 2 heterocycles. The van der Waals surface area contributed by atoms with Crippen LogP contribution in [0.3, 0.4) is 0 Å². The van der Waals surface area contributed by atoms with Crippen molar-refractivity contribution in [1.82, 2.24) is 10.3 Å². The number of carbonyl (C=O) groups excluding carboxylic acids is 2. The number of anilines is 1. The molecule has 0 unspecified atom stereocenters. The molecule has 1 aromatic heterocycles. The van der Waals surface area contributed by atoms with Crippen molar-refractivity contribution in [3.63, 3.8) is 0 Å². The van der Waals surface area contributed by atoms with Gasteiger partial charge in [-0.15, -0.1) is 0 Å². The summed E-state index contributed by atoms with van der Waals surface area (Å²) in [4.78, 5) is 31.1. The van der Waals surface area contributed by atoms with Crippen LogP contribution in [0.5, 0.6) is 11.6 Å². The van der Waals surface area contributed by atoms with Crippen LogP contribution in [0.15, 0.2) is 66.9 Å². The van der Waals surface area contributed by atoms with E-state index in [0.29, 0.717) is 35.5 Å². The molecule has 0 saturated heterocycles. The molecule has 3 aromatic rings. The lowest BCUT2D eigenvalue weighted by Gasteiger charge is -2.21. The number of nitrogens with zero attached hydrogens (tertiary/aromatic N) is 2. The van der Waals surface area contributed by atoms with Crippen LogP contribution in [-0.2, 0) is 11.3 Å². The first kappa shape index (κ1) is 19.6. The lowest BCUT2D eigenvalue weighted by atomic mass is 10.2. The third-order valence-corrected chi connectivity index (χ3v) is 4.77. The predicted octanol–water partition coefficient (Wildman–Crippen LogP) is 4.07. The van der Waals surface area contributed by atoms with Crippen molar-refractivity contribution in [2.24, 2.45) is 0 Å². The first-order chi connectivity index (χ1) is 14.6. The Hall–Kier alpha value is -3.74. The highest BCUT2D eigenvalue weighted by Crippen LogP contribution is 2.37. The van der Waals surface area contributed by atoms with Crippen LogP contribution in [0.1, 0.15) is 28.8 Å². The van der Waals surface area contributed by atoms with E-state index < -0.39 is 0 Å². The molecule has 30 heavy (non-hydrogen) atoms. The van der Waals surface area contributed by atoms with E-state index >= 15 is 0 Å². The molecule has 0 bridgehead atoms. The van der Waals surface area contributed by atoms with Gasteiger partial charge in [0.1, 0.15) is 11.4 Å². The topological polar surface area (TPSA) is 71.5 Å². The van der Waals surface area contributed by atoms with Gasteiger partial charge in [-0.1, -0.05) is 24.3 Å².